The first-order valence-corrected chi connectivity index (χ1v) is 20.9. The van der Waals surface area contributed by atoms with Crippen LogP contribution in [-0.4, -0.2) is 56.5 Å². The first kappa shape index (κ1) is 41.9. The predicted molar refractivity (Wildman–Crippen MR) is 207 cm³/mol. The monoisotopic (exact) mass is 724 g/mol. The second-order valence-corrected chi connectivity index (χ2v) is 15.7. The lowest BCUT2D eigenvalue weighted by molar-refractivity contribution is -0.145. The minimum atomic E-state index is -0.582. The van der Waals surface area contributed by atoms with Gasteiger partial charge in [0, 0.05) is 42.2 Å². The number of methoxy groups -OCH3 is 2. The van der Waals surface area contributed by atoms with E-state index in [1.54, 1.807) is 14.2 Å². The van der Waals surface area contributed by atoms with Gasteiger partial charge in [0.15, 0.2) is 23.0 Å². The van der Waals surface area contributed by atoms with Crippen LogP contribution < -0.4 is 9.47 Å². The van der Waals surface area contributed by atoms with Gasteiger partial charge < -0.3 is 23.8 Å². The standard InChI is InChI=1S/C44H69NO7/c1-6-8-10-12-14-16-18-20-22-24-40(47)51-32-33-28-39(50-5)43(52-41(48)25-23-21-19-17-15-13-11-9-7-2)42-34(33)29-36-35-30-38(49-4)37(46)31-44(35,42)26-27-45(36)3/h28,30,35-36H,6-27,29,31-32H2,1-5H3/t35-,36+,44-/m1/s1. The summed E-state index contributed by atoms with van der Waals surface area (Å²) < 4.78 is 23.7. The Labute approximate surface area is 314 Å². The maximum absolute atomic E-state index is 13.6. The Kier molecular flexibility index (Phi) is 17.5. The molecule has 2 bridgehead atoms. The number of benzene rings is 1. The maximum Gasteiger partial charge on any atom is 0.311 e. The van der Waals surface area contributed by atoms with Gasteiger partial charge in [0.2, 0.25) is 0 Å². The third kappa shape index (κ3) is 11.1. The second kappa shape index (κ2) is 21.7. The van der Waals surface area contributed by atoms with Crippen LogP contribution in [0.2, 0.25) is 0 Å². The number of likely N-dealkylation sites (N-methyl/N-ethyl adjacent to an activating group) is 1. The van der Waals surface area contributed by atoms with Crippen molar-refractivity contribution in [1.29, 1.82) is 0 Å². The molecule has 0 unspecified atom stereocenters. The Morgan fingerprint density at radius 3 is 1.90 bits per heavy atom. The summed E-state index contributed by atoms with van der Waals surface area (Å²) in [5.74, 6) is 0.760. The quantitative estimate of drug-likeness (QED) is 0.0559. The van der Waals surface area contributed by atoms with E-state index in [2.05, 4.69) is 25.8 Å². The summed E-state index contributed by atoms with van der Waals surface area (Å²) in [7, 11) is 5.28. The fourth-order valence-corrected chi connectivity index (χ4v) is 8.94. The third-order valence-electron chi connectivity index (χ3n) is 12.0. The van der Waals surface area contributed by atoms with Crippen LogP contribution >= 0.6 is 0 Å². The Bertz CT molecular complexity index is 1340. The highest BCUT2D eigenvalue weighted by Gasteiger charge is 2.57. The number of fused-ring (bicyclic) bond motifs is 1. The molecule has 1 saturated heterocycles. The number of allylic oxidation sites excluding steroid dienone is 1. The molecule has 0 spiro atoms. The van der Waals surface area contributed by atoms with Crippen LogP contribution in [0.15, 0.2) is 17.9 Å². The van der Waals surface area contributed by atoms with Gasteiger partial charge in [-0.15, -0.1) is 0 Å². The zero-order valence-corrected chi connectivity index (χ0v) is 33.3. The molecule has 0 amide bonds. The number of unbranched alkanes of at least 4 members (excludes halogenated alkanes) is 16. The molecule has 1 fully saturated rings. The summed E-state index contributed by atoms with van der Waals surface area (Å²) in [6, 6.07) is 2.01. The van der Waals surface area contributed by atoms with Gasteiger partial charge >= 0.3 is 11.9 Å². The number of ether oxygens (including phenoxy) is 4. The van der Waals surface area contributed by atoms with Crippen LogP contribution in [0.3, 0.4) is 0 Å². The van der Waals surface area contributed by atoms with Crippen molar-refractivity contribution < 1.29 is 33.3 Å². The molecule has 8 nitrogen and oxygen atoms in total. The zero-order valence-electron chi connectivity index (χ0n) is 33.3. The van der Waals surface area contributed by atoms with Gasteiger partial charge in [-0.2, -0.15) is 0 Å². The number of likely N-dealkylation sites (tertiary alicyclic amines) is 1. The lowest BCUT2D eigenvalue weighted by Crippen LogP contribution is -2.60. The normalized spacial score (nSPS) is 20.9. The maximum atomic E-state index is 13.6. The van der Waals surface area contributed by atoms with Crippen LogP contribution in [0.1, 0.15) is 172 Å². The average molecular weight is 724 g/mol. The number of carbonyl (C=O) groups excluding carboxylic acids is 3. The molecule has 1 aromatic rings. The van der Waals surface area contributed by atoms with Crippen molar-refractivity contribution in [3.8, 4) is 11.5 Å². The van der Waals surface area contributed by atoms with Crippen molar-refractivity contribution in [1.82, 2.24) is 4.90 Å². The topological polar surface area (TPSA) is 91.4 Å². The summed E-state index contributed by atoms with van der Waals surface area (Å²) >= 11 is 0. The Morgan fingerprint density at radius 1 is 0.788 bits per heavy atom. The largest absolute Gasteiger partial charge is 0.493 e. The molecule has 3 aliphatic rings. The molecule has 292 valence electrons. The number of hydrogen-bond donors (Lipinski definition) is 0. The Hall–Kier alpha value is -2.87. The molecule has 52 heavy (non-hydrogen) atoms. The van der Waals surface area contributed by atoms with Gasteiger partial charge in [-0.25, -0.2) is 0 Å². The van der Waals surface area contributed by atoms with Crippen molar-refractivity contribution in [2.75, 3.05) is 27.8 Å². The van der Waals surface area contributed by atoms with E-state index < -0.39 is 5.41 Å². The number of rotatable bonds is 25. The number of nitrogens with zero attached hydrogens (tertiary/aromatic N) is 1. The van der Waals surface area contributed by atoms with Gasteiger partial charge in [0.25, 0.3) is 0 Å². The molecule has 0 N–H and O–H groups in total. The predicted octanol–water partition coefficient (Wildman–Crippen LogP) is 10.1. The van der Waals surface area contributed by atoms with Gasteiger partial charge in [-0.05, 0) is 62.5 Å². The molecule has 0 radical (unpaired) electrons. The molecule has 1 heterocycles. The molecule has 8 heteroatoms. The molecule has 3 atom stereocenters. The van der Waals surface area contributed by atoms with E-state index in [4.69, 9.17) is 18.9 Å². The molecule has 0 saturated carbocycles. The number of piperidine rings is 1. The summed E-state index contributed by atoms with van der Waals surface area (Å²) in [6.07, 6.45) is 25.7. The Morgan fingerprint density at radius 2 is 1.35 bits per heavy atom. The smallest absolute Gasteiger partial charge is 0.311 e. The van der Waals surface area contributed by atoms with Gasteiger partial charge in [0.05, 0.1) is 14.2 Å². The van der Waals surface area contributed by atoms with Crippen LogP contribution in [0.25, 0.3) is 0 Å². The van der Waals surface area contributed by atoms with Crippen molar-refractivity contribution >= 4 is 17.7 Å². The van der Waals surface area contributed by atoms with Crippen LogP contribution in [0.4, 0.5) is 0 Å². The fourth-order valence-electron chi connectivity index (χ4n) is 8.94. The van der Waals surface area contributed by atoms with E-state index in [0.717, 1.165) is 68.2 Å². The van der Waals surface area contributed by atoms with E-state index in [9.17, 15) is 14.4 Å². The first-order valence-electron chi connectivity index (χ1n) is 20.9. The van der Waals surface area contributed by atoms with Crippen LogP contribution in [-0.2, 0) is 42.3 Å². The molecule has 1 aromatic carbocycles. The number of esters is 2. The van der Waals surface area contributed by atoms with E-state index in [-0.39, 0.29) is 42.7 Å². The van der Waals surface area contributed by atoms with Crippen LogP contribution in [0, 0.1) is 5.92 Å². The van der Waals surface area contributed by atoms with Crippen LogP contribution in [0.5, 0.6) is 11.5 Å². The van der Waals surface area contributed by atoms with Gasteiger partial charge in [-0.1, -0.05) is 117 Å². The SMILES string of the molecule is CCCCCCCCCCCC(=O)OCc1cc(OC)c(OC(=O)CCCCCCCCCCC)c2c1C[C@H]1[C@H]3C=C(OC)C(=O)C[C@@]23CCN1C. The number of Topliss-reactive ketones (excluding diaryl/α,β-unsaturated/α-hetero) is 1. The fraction of sp³-hybridized carbons (Fsp3) is 0.750. The lowest BCUT2D eigenvalue weighted by atomic mass is 9.53. The summed E-state index contributed by atoms with van der Waals surface area (Å²) in [5.41, 5.74) is 2.17. The van der Waals surface area contributed by atoms with E-state index in [1.807, 2.05) is 12.1 Å². The van der Waals surface area contributed by atoms with Crippen molar-refractivity contribution in [2.45, 2.75) is 180 Å². The summed E-state index contributed by atoms with van der Waals surface area (Å²) in [6.45, 7) is 5.41. The molecule has 1 aliphatic heterocycles. The molecule has 2 aliphatic carbocycles. The van der Waals surface area contributed by atoms with Crippen molar-refractivity contribution in [3.63, 3.8) is 0 Å². The number of hydrogen-bond acceptors (Lipinski definition) is 8. The average Bonchev–Trinajstić information content (AvgIpc) is 3.13. The van der Waals surface area contributed by atoms with E-state index in [0.29, 0.717) is 36.5 Å². The minimum Gasteiger partial charge on any atom is -0.493 e. The zero-order chi connectivity index (χ0) is 37.3. The van der Waals surface area contributed by atoms with E-state index in [1.165, 1.54) is 77.0 Å². The van der Waals surface area contributed by atoms with Crippen molar-refractivity contribution in [2.24, 2.45) is 5.92 Å². The number of ketones is 1. The van der Waals surface area contributed by atoms with Crippen molar-refractivity contribution in [3.05, 3.63) is 34.6 Å². The lowest BCUT2D eigenvalue weighted by Gasteiger charge is -2.57. The molecular weight excluding hydrogens is 654 g/mol. The molecular formula is C44H69NO7. The molecule has 0 aromatic heterocycles. The van der Waals surface area contributed by atoms with Gasteiger partial charge in [0.1, 0.15) is 6.61 Å². The highest BCUT2D eigenvalue weighted by molar-refractivity contribution is 5.96. The summed E-state index contributed by atoms with van der Waals surface area (Å²) in [5, 5.41) is 0. The van der Waals surface area contributed by atoms with Gasteiger partial charge in [-0.3, -0.25) is 14.4 Å². The molecule has 4 rings (SSSR count). The van der Waals surface area contributed by atoms with E-state index >= 15 is 0 Å². The Balaban J connectivity index is 1.50. The first-order chi connectivity index (χ1) is 25.3. The number of carbonyl (C=O) groups is 3. The second-order valence-electron chi connectivity index (χ2n) is 15.7. The third-order valence-corrected chi connectivity index (χ3v) is 12.0. The highest BCUT2D eigenvalue weighted by atomic mass is 16.6. The summed E-state index contributed by atoms with van der Waals surface area (Å²) in [4.78, 5) is 42.4. The minimum absolute atomic E-state index is 0.00432. The highest BCUT2D eigenvalue weighted by Crippen LogP contribution is 2.59.